The summed E-state index contributed by atoms with van der Waals surface area (Å²) < 4.78 is 0. The molecular formula is C14H24. The Morgan fingerprint density at radius 1 is 1.00 bits per heavy atom. The Hall–Kier alpha value is -0.780. The van der Waals surface area contributed by atoms with E-state index in [0.29, 0.717) is 0 Å². The predicted octanol–water partition coefficient (Wildman–Crippen LogP) is 4.75. The number of rotatable bonds is 2. The molecule has 0 heteroatoms. The number of benzene rings is 1. The monoisotopic (exact) mass is 192 g/mol. The Morgan fingerprint density at radius 2 is 1.43 bits per heavy atom. The van der Waals surface area contributed by atoms with Gasteiger partial charge in [0.25, 0.3) is 0 Å². The second kappa shape index (κ2) is 7.61. The maximum Gasteiger partial charge on any atom is -0.0395 e. The standard InChI is InChI=1S/C8H10.C6H14/c1-7-5-3-4-6-8(7)2;1-4-5-6(2)3/h3-6H,1-2H3;6H,4-5H2,1-3H3. The fraction of sp³-hybridized carbons (Fsp3) is 0.571. The highest BCUT2D eigenvalue weighted by Crippen LogP contribution is 2.02. The summed E-state index contributed by atoms with van der Waals surface area (Å²) in [5.41, 5.74) is 2.74. The van der Waals surface area contributed by atoms with E-state index in [-0.39, 0.29) is 0 Å². The van der Waals surface area contributed by atoms with Gasteiger partial charge in [-0.2, -0.15) is 0 Å². The molecule has 0 fully saturated rings. The van der Waals surface area contributed by atoms with E-state index in [1.165, 1.54) is 24.0 Å². The second-order valence-electron chi connectivity index (χ2n) is 4.27. The van der Waals surface area contributed by atoms with Gasteiger partial charge in [0.1, 0.15) is 0 Å². The highest BCUT2D eigenvalue weighted by molar-refractivity contribution is 5.23. The quantitative estimate of drug-likeness (QED) is 0.634. The molecule has 1 rings (SSSR count). The summed E-state index contributed by atoms with van der Waals surface area (Å²) in [4.78, 5) is 0. The van der Waals surface area contributed by atoms with Crippen LogP contribution >= 0.6 is 0 Å². The molecule has 0 aliphatic rings. The Balaban J connectivity index is 0.000000255. The van der Waals surface area contributed by atoms with Crippen LogP contribution in [-0.4, -0.2) is 0 Å². The lowest BCUT2D eigenvalue weighted by Crippen LogP contribution is -1.81. The topological polar surface area (TPSA) is 0 Å². The van der Waals surface area contributed by atoms with E-state index in [4.69, 9.17) is 0 Å². The Bertz CT molecular complexity index is 215. The van der Waals surface area contributed by atoms with Gasteiger partial charge in [0, 0.05) is 0 Å². The van der Waals surface area contributed by atoms with Gasteiger partial charge in [-0.15, -0.1) is 0 Å². The van der Waals surface area contributed by atoms with Gasteiger partial charge in [0.15, 0.2) is 0 Å². The molecule has 0 spiro atoms. The largest absolute Gasteiger partial charge is 0.0654 e. The molecule has 1 aromatic carbocycles. The average Bonchev–Trinajstić information content (AvgIpc) is 2.11. The van der Waals surface area contributed by atoms with Gasteiger partial charge >= 0.3 is 0 Å². The first-order valence-electron chi connectivity index (χ1n) is 5.60. The summed E-state index contributed by atoms with van der Waals surface area (Å²) in [5.74, 6) is 0.898. The zero-order valence-electron chi connectivity index (χ0n) is 10.3. The van der Waals surface area contributed by atoms with Crippen LogP contribution in [0.15, 0.2) is 24.3 Å². The van der Waals surface area contributed by atoms with Gasteiger partial charge in [0.05, 0.1) is 0 Å². The molecule has 0 aliphatic heterocycles. The van der Waals surface area contributed by atoms with Crippen LogP contribution < -0.4 is 0 Å². The van der Waals surface area contributed by atoms with Gasteiger partial charge in [0.2, 0.25) is 0 Å². The molecule has 0 N–H and O–H groups in total. The highest BCUT2D eigenvalue weighted by atomic mass is 13.9. The molecule has 0 saturated heterocycles. The lowest BCUT2D eigenvalue weighted by atomic mass is 10.1. The van der Waals surface area contributed by atoms with Crippen molar-refractivity contribution in [3.8, 4) is 0 Å². The first-order valence-corrected chi connectivity index (χ1v) is 5.60. The van der Waals surface area contributed by atoms with Gasteiger partial charge in [-0.1, -0.05) is 57.9 Å². The van der Waals surface area contributed by atoms with Crippen LogP contribution in [0.1, 0.15) is 44.7 Å². The van der Waals surface area contributed by atoms with Gasteiger partial charge in [-0.25, -0.2) is 0 Å². The molecule has 0 bridgehead atoms. The Kier molecular flexibility index (Phi) is 7.18. The minimum atomic E-state index is 0.898. The SMILES string of the molecule is CCCC(C)C.Cc1ccccc1C. The molecule has 0 nitrogen and oxygen atoms in total. The van der Waals surface area contributed by atoms with Gasteiger partial charge in [-0.3, -0.25) is 0 Å². The van der Waals surface area contributed by atoms with Crippen molar-refractivity contribution >= 4 is 0 Å². The van der Waals surface area contributed by atoms with Crippen LogP contribution in [0.4, 0.5) is 0 Å². The molecular weight excluding hydrogens is 168 g/mol. The summed E-state index contributed by atoms with van der Waals surface area (Å²) in [6.07, 6.45) is 2.71. The van der Waals surface area contributed by atoms with Crippen LogP contribution in [0.5, 0.6) is 0 Å². The van der Waals surface area contributed by atoms with E-state index in [9.17, 15) is 0 Å². The molecule has 0 saturated carbocycles. The van der Waals surface area contributed by atoms with Crippen LogP contribution in [-0.2, 0) is 0 Å². The molecule has 0 aliphatic carbocycles. The lowest BCUT2D eigenvalue weighted by molar-refractivity contribution is 0.576. The summed E-state index contributed by atoms with van der Waals surface area (Å²) in [7, 11) is 0. The molecule has 0 amide bonds. The third kappa shape index (κ3) is 6.71. The normalized spacial score (nSPS) is 9.57. The van der Waals surface area contributed by atoms with Crippen molar-refractivity contribution in [2.75, 3.05) is 0 Å². The first kappa shape index (κ1) is 13.2. The number of hydrogen-bond acceptors (Lipinski definition) is 0. The predicted molar refractivity (Wildman–Crippen MR) is 65.7 cm³/mol. The van der Waals surface area contributed by atoms with E-state index in [1.54, 1.807) is 0 Å². The first-order chi connectivity index (χ1) is 6.57. The summed E-state index contributed by atoms with van der Waals surface area (Å²) in [6, 6.07) is 8.36. The summed E-state index contributed by atoms with van der Waals surface area (Å²) >= 11 is 0. The van der Waals surface area contributed by atoms with Crippen molar-refractivity contribution in [1.82, 2.24) is 0 Å². The molecule has 0 heterocycles. The zero-order valence-corrected chi connectivity index (χ0v) is 10.3. The third-order valence-electron chi connectivity index (χ3n) is 2.29. The van der Waals surface area contributed by atoms with Gasteiger partial charge < -0.3 is 0 Å². The van der Waals surface area contributed by atoms with E-state index in [0.717, 1.165) is 5.92 Å². The third-order valence-corrected chi connectivity index (χ3v) is 2.29. The Morgan fingerprint density at radius 3 is 1.57 bits per heavy atom. The summed E-state index contributed by atoms with van der Waals surface area (Å²) in [5, 5.41) is 0. The maximum atomic E-state index is 2.25. The molecule has 0 radical (unpaired) electrons. The number of aryl methyl sites for hydroxylation is 2. The number of hydrogen-bond donors (Lipinski definition) is 0. The van der Waals surface area contributed by atoms with E-state index >= 15 is 0 Å². The molecule has 80 valence electrons. The van der Waals surface area contributed by atoms with E-state index in [2.05, 4.69) is 58.9 Å². The van der Waals surface area contributed by atoms with Crippen molar-refractivity contribution in [1.29, 1.82) is 0 Å². The van der Waals surface area contributed by atoms with E-state index in [1.807, 2.05) is 0 Å². The molecule has 0 aromatic heterocycles. The fourth-order valence-electron chi connectivity index (χ4n) is 1.24. The van der Waals surface area contributed by atoms with Crippen LogP contribution in [0.3, 0.4) is 0 Å². The fourth-order valence-corrected chi connectivity index (χ4v) is 1.24. The molecule has 1 aromatic rings. The van der Waals surface area contributed by atoms with E-state index < -0.39 is 0 Å². The van der Waals surface area contributed by atoms with Crippen molar-refractivity contribution in [3.63, 3.8) is 0 Å². The van der Waals surface area contributed by atoms with Gasteiger partial charge in [-0.05, 0) is 30.9 Å². The Labute approximate surface area is 89.4 Å². The lowest BCUT2D eigenvalue weighted by Gasteiger charge is -1.95. The maximum absolute atomic E-state index is 2.25. The minimum absolute atomic E-state index is 0.898. The molecule has 0 unspecified atom stereocenters. The molecule has 0 atom stereocenters. The van der Waals surface area contributed by atoms with Crippen LogP contribution in [0.2, 0.25) is 0 Å². The highest BCUT2D eigenvalue weighted by Gasteiger charge is 1.85. The van der Waals surface area contributed by atoms with Crippen molar-refractivity contribution < 1.29 is 0 Å². The minimum Gasteiger partial charge on any atom is -0.0654 e. The zero-order chi connectivity index (χ0) is 11.0. The average molecular weight is 192 g/mol. The van der Waals surface area contributed by atoms with Crippen LogP contribution in [0.25, 0.3) is 0 Å². The second-order valence-corrected chi connectivity index (χ2v) is 4.27. The smallest absolute Gasteiger partial charge is 0.0395 e. The van der Waals surface area contributed by atoms with Crippen molar-refractivity contribution in [3.05, 3.63) is 35.4 Å². The molecule has 14 heavy (non-hydrogen) atoms. The summed E-state index contributed by atoms with van der Waals surface area (Å²) in [6.45, 7) is 11.0. The van der Waals surface area contributed by atoms with Crippen molar-refractivity contribution in [2.24, 2.45) is 5.92 Å². The van der Waals surface area contributed by atoms with Crippen LogP contribution in [0, 0.1) is 19.8 Å². The van der Waals surface area contributed by atoms with Crippen molar-refractivity contribution in [2.45, 2.75) is 47.5 Å².